The standard InChI is InChI=1S/C25H23BrClNO3S.C23H12BrClF5NO4S.C23H17BrClNO2S.C18H19NO2S.C7H5BrClI.C5H6Cl2N2O2.CH3O.FH3OP2.Na/c1-3-31-25(29)12-9-18-13-19(32-16-17-7-5-4-6-8-17)10-11-22(18)28-23-15-21(27)20(26)14-24(23)30-2;1-35-17-7-13(24)14(25)8-16(17)31-15-4-3-11(6-10(15)2-5-18(31)32)36(33,34)9-12-19(26)21(28)23(30)22(29)20(12)27;1-28-22-12-18(24)19(25)13-21(22)26-20-9-8-17(11-16(20)7-10-23(26)27)29-14-15-5-3-2-4-6-15;1-2-21-18(20)11-8-15-12-16(9-10-17(15)19)22-13-14-6-4-3-5-7-14;1-4-2-5(8)6(9)3-7(4)10;1-5(2)3(10)8(6)4(11)9(5)7;1-2;1-3-4-2;/h4-15,28H,3,16H2,1-2H3;2-8H,9H2,1H3;2-13H,14H2,1H3;3-12H,2,13,19H2,1H3;2-3H,1H3;1-2H3;1H3;2-4H;/q;;;;;;-1;;+1/b12-9+;;;11-8+;;;;;. The van der Waals surface area contributed by atoms with Gasteiger partial charge in [-0.25, -0.2) is 53.4 Å². The Morgan fingerprint density at radius 2 is 0.912 bits per heavy atom. The van der Waals surface area contributed by atoms with Gasteiger partial charge >= 0.3 is 47.5 Å². The number of ether oxygens (including phenoxy) is 5. The van der Waals surface area contributed by atoms with Crippen molar-refractivity contribution in [1.29, 1.82) is 0 Å². The quantitative estimate of drug-likeness (QED) is 0.00369. The Kier molecular flexibility index (Phi) is 53.0. The maximum absolute atomic E-state index is 14.1. The number of benzene rings is 12. The van der Waals surface area contributed by atoms with Gasteiger partial charge in [0.2, 0.25) is 5.82 Å². The van der Waals surface area contributed by atoms with Crippen LogP contribution >= 0.6 is 209 Å². The number of aromatic nitrogens is 2. The number of methoxy groups -OCH3 is 3. The first-order valence-corrected chi connectivity index (χ1v) is 56.3. The van der Waals surface area contributed by atoms with Gasteiger partial charge in [0.25, 0.3) is 17.0 Å². The molecule has 0 bridgehead atoms. The summed E-state index contributed by atoms with van der Waals surface area (Å²) in [6, 6.07) is 71.6. The van der Waals surface area contributed by atoms with Gasteiger partial charge in [-0.15, -0.1) is 35.3 Å². The van der Waals surface area contributed by atoms with Crippen LogP contribution in [-0.4, -0.2) is 102 Å². The molecule has 4 N–H and O–H groups in total. The van der Waals surface area contributed by atoms with Crippen molar-refractivity contribution in [1.82, 2.24) is 18.0 Å². The molecule has 2 atom stereocenters. The van der Waals surface area contributed by atoms with E-state index in [1.807, 2.05) is 127 Å². The number of nitrogen functional groups attached to an aromatic ring is 1. The smallest absolute Gasteiger partial charge is 0.857 e. The van der Waals surface area contributed by atoms with E-state index in [4.69, 9.17) is 109 Å². The number of anilines is 3. The van der Waals surface area contributed by atoms with Crippen molar-refractivity contribution in [2.45, 2.75) is 82.8 Å². The molecule has 2 unspecified atom stereocenters. The molecule has 770 valence electrons. The summed E-state index contributed by atoms with van der Waals surface area (Å²) in [5.74, 6) is -9.98. The minimum atomic E-state index is -4.58. The van der Waals surface area contributed by atoms with Crippen molar-refractivity contribution in [2.75, 3.05) is 52.7 Å². The fraction of sp³-hybridized carbons (Fsp3) is 0.157. The van der Waals surface area contributed by atoms with E-state index in [9.17, 15) is 63.3 Å². The molecule has 1 saturated heterocycles. The van der Waals surface area contributed by atoms with Crippen molar-refractivity contribution in [3.8, 4) is 28.6 Å². The van der Waals surface area contributed by atoms with E-state index in [0.29, 0.717) is 59.5 Å². The van der Waals surface area contributed by atoms with Crippen LogP contribution in [-0.2, 0) is 56.7 Å². The van der Waals surface area contributed by atoms with E-state index in [0.717, 1.165) is 109 Å². The Morgan fingerprint density at radius 1 is 0.524 bits per heavy atom. The second-order valence-electron chi connectivity index (χ2n) is 30.2. The number of nitrogens with one attached hydrogen (secondary N) is 1. The maximum Gasteiger partial charge on any atom is 1.00 e. The van der Waals surface area contributed by atoms with Crippen LogP contribution in [0, 0.1) is 39.6 Å². The van der Waals surface area contributed by atoms with E-state index in [1.165, 1.54) is 87.8 Å². The second-order valence-corrected chi connectivity index (χ2v) is 43.9. The summed E-state index contributed by atoms with van der Waals surface area (Å²) < 4.78 is 139. The normalized spacial score (nSPS) is 11.9. The number of carbonyl (C=O) groups is 4. The average molecular weight is 2620 g/mol. The monoisotopic (exact) mass is 2620 g/mol. The number of hydrogen-bond acceptors (Lipinski definition) is 20. The number of sulfone groups is 1. The van der Waals surface area contributed by atoms with Crippen LogP contribution in [0.2, 0.25) is 20.1 Å². The SMILES string of the molecule is CC1(C)C(=O)N(Cl)C(=O)N1Cl.CCOC(=O)/C=C/c1cc(SCc2ccccc2)ccc1N.CCOC(=O)/C=C/c1cc(SCc2ccccc2)ccc1Nc1cc(Cl)c(Br)cc1OC.COc1cc(Br)c(Cl)cc1-n1c(=O)ccc2cc(S(=O)(=O)Cc3c(F)c(F)c(F)c(F)c3F)ccc21.COc1cc(Br)c(Cl)cc1-n1c(=O)ccc2cc(SCc3ccccc3)ccc21.C[O-].Cc1cc(Br)c(Cl)cc1I.OPPF.[Na+]. The van der Waals surface area contributed by atoms with Crippen molar-refractivity contribution < 1.29 is 117 Å². The van der Waals surface area contributed by atoms with Gasteiger partial charge in [-0.3, -0.25) is 23.5 Å². The Bertz CT molecular complexity index is 7240. The van der Waals surface area contributed by atoms with E-state index >= 15 is 0 Å². The second kappa shape index (κ2) is 61.8. The molecule has 14 aromatic rings. The summed E-state index contributed by atoms with van der Waals surface area (Å²) in [5, 5.41) is 14.9. The predicted octanol–water partition coefficient (Wildman–Crippen LogP) is 27.0. The predicted molar refractivity (Wildman–Crippen MR) is 603 cm³/mol. The van der Waals surface area contributed by atoms with Gasteiger partial charge in [-0.05, 0) is 305 Å². The molecule has 1 aliphatic heterocycles. The molecule has 15 rings (SSSR count). The third-order valence-corrected chi connectivity index (χ3v) is 32.1. The van der Waals surface area contributed by atoms with Crippen LogP contribution in [0.5, 0.6) is 17.2 Å². The Labute approximate surface area is 960 Å². The molecule has 3 amide bonds. The number of halogens is 17. The zero-order chi connectivity index (χ0) is 108. The number of nitrogens with zero attached hydrogens (tertiary/aromatic N) is 4. The van der Waals surface area contributed by atoms with Crippen LogP contribution in [0.15, 0.2) is 296 Å². The first kappa shape index (κ1) is 126. The number of imide groups is 1. The largest absolute Gasteiger partial charge is 1.00 e. The van der Waals surface area contributed by atoms with E-state index in [2.05, 4.69) is 141 Å². The van der Waals surface area contributed by atoms with Crippen LogP contribution in [0.4, 0.5) is 48.0 Å². The number of fused-ring (bicyclic) bond motifs is 2. The summed E-state index contributed by atoms with van der Waals surface area (Å²) in [5.41, 5.74) is 13.6. The molecular weight excluding hydrogens is 2540 g/mol. The number of carbonyl (C=O) groups excluding carboxylic acids is 4. The zero-order valence-corrected chi connectivity index (χ0v) is 99.5. The molecule has 12 aromatic carbocycles. The molecule has 147 heavy (non-hydrogen) atoms. The van der Waals surface area contributed by atoms with E-state index < -0.39 is 95.2 Å². The summed E-state index contributed by atoms with van der Waals surface area (Å²) in [7, 11) is -0.554. The number of pyridine rings is 2. The molecule has 3 heterocycles. The Balaban J connectivity index is 0.000000246. The molecule has 45 heteroatoms. The Hall–Kier alpha value is -7.83. The summed E-state index contributed by atoms with van der Waals surface area (Å²) in [4.78, 5) is 81.1. The molecule has 0 spiro atoms. The van der Waals surface area contributed by atoms with Crippen molar-refractivity contribution >= 4 is 293 Å². The van der Waals surface area contributed by atoms with E-state index in [-0.39, 0.29) is 74.4 Å². The van der Waals surface area contributed by atoms with Gasteiger partial charge in [0.1, 0.15) is 31.4 Å². The molecule has 0 saturated carbocycles. The molecule has 2 aromatic heterocycles. The van der Waals surface area contributed by atoms with Gasteiger partial charge in [0, 0.05) is 124 Å². The molecule has 21 nitrogen and oxygen atoms in total. The minimum Gasteiger partial charge on any atom is -0.857 e. The van der Waals surface area contributed by atoms with Crippen LogP contribution in [0.3, 0.4) is 0 Å². The van der Waals surface area contributed by atoms with Crippen molar-refractivity contribution in [2.24, 2.45) is 0 Å². The number of urea groups is 1. The van der Waals surface area contributed by atoms with Crippen LogP contribution < -0.4 is 71.0 Å². The van der Waals surface area contributed by atoms with Crippen LogP contribution in [0.1, 0.15) is 66.6 Å². The van der Waals surface area contributed by atoms with Gasteiger partial charge in [-0.1, -0.05) is 137 Å². The summed E-state index contributed by atoms with van der Waals surface area (Å²) in [6.45, 7) is 9.35. The molecule has 1 aliphatic rings. The molecular formula is C102H88Br4Cl6F6IN6NaO15P2S4. The van der Waals surface area contributed by atoms with Crippen LogP contribution in [0.25, 0.3) is 45.3 Å². The minimum absolute atomic E-state index is 0. The number of hydrogen-bond donors (Lipinski definition) is 3. The average Bonchev–Trinajstić information content (AvgIpc) is 1.72. The molecule has 0 radical (unpaired) electrons. The van der Waals surface area contributed by atoms with E-state index in [1.54, 1.807) is 104 Å². The Morgan fingerprint density at radius 3 is 1.33 bits per heavy atom. The number of aryl methyl sites for hydroxylation is 1. The fourth-order valence-corrected chi connectivity index (χ4v) is 20.1. The third-order valence-electron chi connectivity index (χ3n) is 20.1. The molecule has 1 fully saturated rings. The van der Waals surface area contributed by atoms with Gasteiger partial charge in [-0.2, -0.15) is 11.5 Å². The van der Waals surface area contributed by atoms with Gasteiger partial charge in [0.15, 0.2) is 33.1 Å². The van der Waals surface area contributed by atoms with Crippen molar-refractivity contribution in [3.63, 3.8) is 0 Å². The first-order chi connectivity index (χ1) is 69.5. The first-order valence-electron chi connectivity index (χ1n) is 42.5. The number of thioether (sulfide) groups is 3. The van der Waals surface area contributed by atoms with Gasteiger partial charge < -0.3 is 44.7 Å². The van der Waals surface area contributed by atoms with Gasteiger partial charge in [0.05, 0.1) is 102 Å². The number of rotatable bonds is 26. The topological polar surface area (TPSA) is 280 Å². The summed E-state index contributed by atoms with van der Waals surface area (Å²) in [6.07, 6.45) is 6.28. The fourth-order valence-electron chi connectivity index (χ4n) is 12.9. The summed E-state index contributed by atoms with van der Waals surface area (Å²) >= 11 is 56.3. The third kappa shape index (κ3) is 35.9. The number of amides is 3. The number of nitrogens with two attached hydrogens (primary N) is 1. The number of esters is 2. The maximum atomic E-state index is 14.1. The van der Waals surface area contributed by atoms with Crippen molar-refractivity contribution in [3.05, 3.63) is 379 Å². The zero-order valence-electron chi connectivity index (χ0n) is 79.2. The molecule has 0 aliphatic carbocycles.